The summed E-state index contributed by atoms with van der Waals surface area (Å²) >= 11 is 1.30. The van der Waals surface area contributed by atoms with Crippen molar-refractivity contribution in [2.45, 2.75) is 13.0 Å². The summed E-state index contributed by atoms with van der Waals surface area (Å²) in [7, 11) is 4.39. The molecule has 0 aliphatic rings. The molecule has 1 aromatic carbocycles. The fourth-order valence-corrected chi connectivity index (χ4v) is 3.64. The normalized spacial score (nSPS) is 12.3. The van der Waals surface area contributed by atoms with Crippen LogP contribution in [0.2, 0.25) is 0 Å². The zero-order valence-corrected chi connectivity index (χ0v) is 14.5. The molecule has 0 amide bonds. The standard InChI is InChI=1S/C16H16N2O5S/c1-8(16(20)23-4)18-7-17-13-9-5-10(21-2)11(22-3)6-12(9)24-14(13)15(18)19/h5-8H,1-4H3. The maximum absolute atomic E-state index is 12.7. The van der Waals surface area contributed by atoms with Gasteiger partial charge in [-0.15, -0.1) is 11.3 Å². The van der Waals surface area contributed by atoms with Gasteiger partial charge in [-0.2, -0.15) is 0 Å². The maximum atomic E-state index is 12.7. The number of carbonyl (C=O) groups is 1. The number of hydrogen-bond donors (Lipinski definition) is 0. The molecule has 2 heterocycles. The fourth-order valence-electron chi connectivity index (χ4n) is 2.53. The Kier molecular flexibility index (Phi) is 4.15. The van der Waals surface area contributed by atoms with Crippen molar-refractivity contribution in [3.05, 3.63) is 28.8 Å². The second kappa shape index (κ2) is 6.12. The number of thiophene rings is 1. The van der Waals surface area contributed by atoms with E-state index in [1.54, 1.807) is 27.2 Å². The second-order valence-corrected chi connectivity index (χ2v) is 6.19. The van der Waals surface area contributed by atoms with Gasteiger partial charge in [0.25, 0.3) is 5.56 Å². The fraction of sp³-hybridized carbons (Fsp3) is 0.312. The first-order valence-corrected chi connectivity index (χ1v) is 7.96. The van der Waals surface area contributed by atoms with Crippen molar-refractivity contribution < 1.29 is 19.0 Å². The third-order valence-corrected chi connectivity index (χ3v) is 5.00. The number of carbonyl (C=O) groups excluding carboxylic acids is 1. The second-order valence-electron chi connectivity index (χ2n) is 5.14. The summed E-state index contributed by atoms with van der Waals surface area (Å²) in [6.07, 6.45) is 1.37. The smallest absolute Gasteiger partial charge is 0.328 e. The first kappa shape index (κ1) is 16.3. The van der Waals surface area contributed by atoms with Gasteiger partial charge < -0.3 is 14.2 Å². The van der Waals surface area contributed by atoms with E-state index < -0.39 is 12.0 Å². The topological polar surface area (TPSA) is 79.7 Å². The summed E-state index contributed by atoms with van der Waals surface area (Å²) in [5, 5.41) is 0.808. The van der Waals surface area contributed by atoms with E-state index in [0.717, 1.165) is 10.1 Å². The van der Waals surface area contributed by atoms with Crippen molar-refractivity contribution in [2.24, 2.45) is 0 Å². The average Bonchev–Trinajstić information content (AvgIpc) is 2.97. The van der Waals surface area contributed by atoms with Crippen molar-refractivity contribution in [1.29, 1.82) is 0 Å². The van der Waals surface area contributed by atoms with Crippen LogP contribution in [0.3, 0.4) is 0 Å². The van der Waals surface area contributed by atoms with Crippen LogP contribution in [-0.4, -0.2) is 36.8 Å². The Hall–Kier alpha value is -2.61. The highest BCUT2D eigenvalue weighted by Crippen LogP contribution is 2.38. The van der Waals surface area contributed by atoms with Gasteiger partial charge in [0.1, 0.15) is 10.7 Å². The number of ether oxygens (including phenoxy) is 3. The summed E-state index contributed by atoms with van der Waals surface area (Å²) in [5.41, 5.74) is 0.298. The predicted molar refractivity (Wildman–Crippen MR) is 91.2 cm³/mol. The third-order valence-electron chi connectivity index (χ3n) is 3.87. The number of fused-ring (bicyclic) bond motifs is 3. The van der Waals surface area contributed by atoms with Crippen LogP contribution in [0.4, 0.5) is 0 Å². The highest BCUT2D eigenvalue weighted by Gasteiger charge is 2.20. The van der Waals surface area contributed by atoms with Crippen molar-refractivity contribution in [3.8, 4) is 11.5 Å². The molecule has 0 aliphatic heterocycles. The first-order chi connectivity index (χ1) is 11.5. The molecule has 3 rings (SSSR count). The van der Waals surface area contributed by atoms with Crippen LogP contribution in [0.5, 0.6) is 11.5 Å². The van der Waals surface area contributed by atoms with E-state index in [0.29, 0.717) is 21.7 Å². The molecular formula is C16H16N2O5S. The average molecular weight is 348 g/mol. The molecule has 0 saturated carbocycles. The van der Waals surface area contributed by atoms with E-state index in [2.05, 4.69) is 4.98 Å². The lowest BCUT2D eigenvalue weighted by Crippen LogP contribution is -2.28. The molecule has 0 aliphatic carbocycles. The lowest BCUT2D eigenvalue weighted by Gasteiger charge is -2.11. The first-order valence-electron chi connectivity index (χ1n) is 7.15. The van der Waals surface area contributed by atoms with E-state index in [1.165, 1.54) is 29.3 Å². The summed E-state index contributed by atoms with van der Waals surface area (Å²) in [6, 6.07) is 2.87. The number of esters is 1. The molecule has 0 bridgehead atoms. The molecule has 3 aromatic rings. The van der Waals surface area contributed by atoms with Crippen molar-refractivity contribution in [2.75, 3.05) is 21.3 Å². The zero-order valence-electron chi connectivity index (χ0n) is 13.7. The monoisotopic (exact) mass is 348 g/mol. The van der Waals surface area contributed by atoms with Gasteiger partial charge >= 0.3 is 5.97 Å². The number of methoxy groups -OCH3 is 3. The number of rotatable bonds is 4. The molecule has 1 unspecified atom stereocenters. The molecule has 2 aromatic heterocycles. The van der Waals surface area contributed by atoms with Gasteiger partial charge in [0.2, 0.25) is 0 Å². The largest absolute Gasteiger partial charge is 0.493 e. The van der Waals surface area contributed by atoms with Crippen LogP contribution in [0.1, 0.15) is 13.0 Å². The van der Waals surface area contributed by atoms with E-state index in [4.69, 9.17) is 14.2 Å². The van der Waals surface area contributed by atoms with Gasteiger partial charge in [-0.3, -0.25) is 9.36 Å². The van der Waals surface area contributed by atoms with E-state index >= 15 is 0 Å². The van der Waals surface area contributed by atoms with E-state index in [1.807, 2.05) is 6.07 Å². The minimum Gasteiger partial charge on any atom is -0.493 e. The predicted octanol–water partition coefficient (Wildman–Crippen LogP) is 2.36. The number of nitrogens with zero attached hydrogens (tertiary/aromatic N) is 2. The maximum Gasteiger partial charge on any atom is 0.328 e. The quantitative estimate of drug-likeness (QED) is 0.674. The lowest BCUT2D eigenvalue weighted by atomic mass is 10.2. The molecule has 0 spiro atoms. The highest BCUT2D eigenvalue weighted by atomic mass is 32.1. The molecule has 126 valence electrons. The van der Waals surface area contributed by atoms with Crippen LogP contribution in [0.25, 0.3) is 20.3 Å². The van der Waals surface area contributed by atoms with Gasteiger partial charge in [0.05, 0.1) is 33.2 Å². The summed E-state index contributed by atoms with van der Waals surface area (Å²) in [4.78, 5) is 28.8. The molecule has 8 heteroatoms. The van der Waals surface area contributed by atoms with E-state index in [-0.39, 0.29) is 5.56 Å². The highest BCUT2D eigenvalue weighted by molar-refractivity contribution is 7.25. The lowest BCUT2D eigenvalue weighted by molar-refractivity contribution is -0.144. The Morgan fingerprint density at radius 1 is 1.21 bits per heavy atom. The molecular weight excluding hydrogens is 332 g/mol. The molecule has 0 radical (unpaired) electrons. The van der Waals surface area contributed by atoms with Gasteiger partial charge in [0.15, 0.2) is 11.5 Å². The van der Waals surface area contributed by atoms with Crippen molar-refractivity contribution in [1.82, 2.24) is 9.55 Å². The Labute approximate surface area is 141 Å². The Morgan fingerprint density at radius 3 is 2.50 bits per heavy atom. The molecule has 24 heavy (non-hydrogen) atoms. The minimum absolute atomic E-state index is 0.281. The Morgan fingerprint density at radius 2 is 1.88 bits per heavy atom. The third kappa shape index (κ3) is 2.39. The van der Waals surface area contributed by atoms with Gasteiger partial charge in [-0.05, 0) is 13.0 Å². The summed E-state index contributed by atoms with van der Waals surface area (Å²) in [6.45, 7) is 1.60. The van der Waals surface area contributed by atoms with Crippen molar-refractivity contribution >= 4 is 37.6 Å². The van der Waals surface area contributed by atoms with Crippen LogP contribution in [0, 0.1) is 0 Å². The molecule has 0 saturated heterocycles. The Balaban J connectivity index is 2.28. The van der Waals surface area contributed by atoms with E-state index in [9.17, 15) is 9.59 Å². The van der Waals surface area contributed by atoms with Crippen LogP contribution in [0.15, 0.2) is 23.3 Å². The minimum atomic E-state index is -0.742. The van der Waals surface area contributed by atoms with Crippen LogP contribution >= 0.6 is 11.3 Å². The summed E-state index contributed by atoms with van der Waals surface area (Å²) < 4.78 is 17.9. The van der Waals surface area contributed by atoms with Crippen LogP contribution < -0.4 is 15.0 Å². The molecule has 0 fully saturated rings. The van der Waals surface area contributed by atoms with Gasteiger partial charge in [0, 0.05) is 16.2 Å². The van der Waals surface area contributed by atoms with Crippen molar-refractivity contribution in [3.63, 3.8) is 0 Å². The number of benzene rings is 1. The number of aromatic nitrogens is 2. The zero-order chi connectivity index (χ0) is 17.4. The SMILES string of the molecule is COC(=O)C(C)n1cnc2c(sc3cc(OC)c(OC)cc32)c1=O. The van der Waals surface area contributed by atoms with Gasteiger partial charge in [-0.25, -0.2) is 9.78 Å². The molecule has 1 atom stereocenters. The number of hydrogen-bond acceptors (Lipinski definition) is 7. The molecule has 0 N–H and O–H groups in total. The molecule has 7 nitrogen and oxygen atoms in total. The van der Waals surface area contributed by atoms with Gasteiger partial charge in [-0.1, -0.05) is 0 Å². The Bertz CT molecular complexity index is 991. The summed E-state index contributed by atoms with van der Waals surface area (Å²) in [5.74, 6) is 0.654. The van der Waals surface area contributed by atoms with Crippen LogP contribution in [-0.2, 0) is 9.53 Å².